The number of carboxylic acid groups (broad SMARTS) is 1. The van der Waals surface area contributed by atoms with Crippen LogP contribution in [0.25, 0.3) is 11.3 Å². The molecule has 1 fully saturated rings. The Balaban J connectivity index is 0.00000361. The molecule has 2 aromatic carbocycles. The number of aliphatic hydroxyl groups is 3. The standard InChI is InChI=1S/C24H27N5O6.Na/c1-2-3-4-14-5-9-16(10-6-14)25-26-17-11-7-15(8-12-17)18-13-29(28-27-18)23-21(32)19(30)20(31)22(35-23)24(33)34;/h5-13,19-23,30-32H,2-4H2,1H3,(H,33,34);/q;+1/p-1/t19-,20-,21+,22-,23+;/m0./s1. The zero-order valence-electron chi connectivity index (χ0n) is 20.0. The van der Waals surface area contributed by atoms with Gasteiger partial charge < -0.3 is 30.0 Å². The van der Waals surface area contributed by atoms with Crippen molar-refractivity contribution in [1.82, 2.24) is 15.0 Å². The van der Waals surface area contributed by atoms with E-state index in [2.05, 4.69) is 39.6 Å². The van der Waals surface area contributed by atoms with Crippen LogP contribution in [-0.4, -0.2) is 60.7 Å². The van der Waals surface area contributed by atoms with Gasteiger partial charge >= 0.3 is 29.6 Å². The third-order valence-electron chi connectivity index (χ3n) is 5.79. The number of aryl methyl sites for hydroxylation is 1. The summed E-state index contributed by atoms with van der Waals surface area (Å²) in [6.45, 7) is 2.16. The number of rotatable bonds is 8. The van der Waals surface area contributed by atoms with Gasteiger partial charge in [-0.25, -0.2) is 4.68 Å². The summed E-state index contributed by atoms with van der Waals surface area (Å²) in [4.78, 5) is 11.2. The Labute approximate surface area is 229 Å². The first-order chi connectivity index (χ1) is 16.9. The molecule has 0 bridgehead atoms. The van der Waals surface area contributed by atoms with Crippen LogP contribution in [0.1, 0.15) is 31.6 Å². The number of aliphatic hydroxyl groups excluding tert-OH is 3. The SMILES string of the molecule is CCCCc1ccc(N=Nc2ccc(-c3cn([C@@H]4O[C@H](C(=O)[O-])[C@@H](O)[C@H](O)[C@H]4O)nn3)cc2)cc1.[Na+]. The molecule has 1 saturated heterocycles. The van der Waals surface area contributed by atoms with Gasteiger partial charge in [0.25, 0.3) is 0 Å². The molecule has 4 rings (SSSR count). The summed E-state index contributed by atoms with van der Waals surface area (Å²) in [5.41, 5.74) is 3.76. The van der Waals surface area contributed by atoms with E-state index in [0.29, 0.717) is 16.9 Å². The van der Waals surface area contributed by atoms with Crippen molar-refractivity contribution in [3.8, 4) is 11.3 Å². The van der Waals surface area contributed by atoms with Crippen LogP contribution in [0.5, 0.6) is 0 Å². The minimum atomic E-state index is -1.84. The average molecular weight is 503 g/mol. The predicted molar refractivity (Wildman–Crippen MR) is 122 cm³/mol. The van der Waals surface area contributed by atoms with E-state index < -0.39 is 36.6 Å². The summed E-state index contributed by atoms with van der Waals surface area (Å²) in [6.07, 6.45) is -3.65. The van der Waals surface area contributed by atoms with E-state index in [1.165, 1.54) is 11.8 Å². The first kappa shape index (κ1) is 28.1. The van der Waals surface area contributed by atoms with Crippen molar-refractivity contribution in [2.45, 2.75) is 56.8 Å². The van der Waals surface area contributed by atoms with Gasteiger partial charge in [-0.2, -0.15) is 10.2 Å². The Bertz CT molecular complexity index is 1170. The molecule has 1 aliphatic heterocycles. The molecule has 0 saturated carbocycles. The van der Waals surface area contributed by atoms with Crippen molar-refractivity contribution in [2.24, 2.45) is 10.2 Å². The zero-order valence-corrected chi connectivity index (χ0v) is 22.0. The summed E-state index contributed by atoms with van der Waals surface area (Å²) < 4.78 is 6.29. The van der Waals surface area contributed by atoms with Gasteiger partial charge in [0.1, 0.15) is 30.1 Å². The van der Waals surface area contributed by atoms with Gasteiger partial charge in [0.05, 0.1) is 23.5 Å². The van der Waals surface area contributed by atoms with E-state index in [0.717, 1.165) is 29.6 Å². The Morgan fingerprint density at radius 2 is 1.61 bits per heavy atom. The van der Waals surface area contributed by atoms with Gasteiger partial charge in [-0.15, -0.1) is 5.10 Å². The summed E-state index contributed by atoms with van der Waals surface area (Å²) >= 11 is 0. The number of carbonyl (C=O) groups is 1. The van der Waals surface area contributed by atoms with E-state index in [9.17, 15) is 25.2 Å². The second-order valence-corrected chi connectivity index (χ2v) is 8.34. The molecular weight excluding hydrogens is 477 g/mol. The fourth-order valence-corrected chi connectivity index (χ4v) is 3.73. The topological polar surface area (TPSA) is 165 Å². The minimum Gasteiger partial charge on any atom is -0.547 e. The molecule has 0 radical (unpaired) electrons. The molecule has 12 heteroatoms. The maximum absolute atomic E-state index is 11.2. The van der Waals surface area contributed by atoms with Crippen molar-refractivity contribution < 1.29 is 59.5 Å². The minimum absolute atomic E-state index is 0. The van der Waals surface area contributed by atoms with E-state index in [-0.39, 0.29) is 29.6 Å². The van der Waals surface area contributed by atoms with Crippen LogP contribution >= 0.6 is 0 Å². The van der Waals surface area contributed by atoms with E-state index in [1.54, 1.807) is 24.3 Å². The maximum atomic E-state index is 11.2. The first-order valence-corrected chi connectivity index (χ1v) is 11.3. The van der Waals surface area contributed by atoms with Crippen molar-refractivity contribution in [1.29, 1.82) is 0 Å². The smallest absolute Gasteiger partial charge is 0.547 e. The molecule has 36 heavy (non-hydrogen) atoms. The predicted octanol–water partition coefficient (Wildman–Crippen LogP) is -1.56. The molecule has 2 heterocycles. The van der Waals surface area contributed by atoms with Gasteiger partial charge in [0.2, 0.25) is 0 Å². The molecule has 0 unspecified atom stereocenters. The Morgan fingerprint density at radius 3 is 2.19 bits per heavy atom. The van der Waals surface area contributed by atoms with Crippen LogP contribution in [0.2, 0.25) is 0 Å². The molecule has 11 nitrogen and oxygen atoms in total. The van der Waals surface area contributed by atoms with Gasteiger partial charge in [-0.3, -0.25) is 0 Å². The van der Waals surface area contributed by atoms with Gasteiger partial charge in [0.15, 0.2) is 6.23 Å². The fraction of sp³-hybridized carbons (Fsp3) is 0.375. The van der Waals surface area contributed by atoms with Crippen LogP contribution < -0.4 is 34.7 Å². The quantitative estimate of drug-likeness (QED) is 0.245. The van der Waals surface area contributed by atoms with Crippen LogP contribution in [0.4, 0.5) is 11.4 Å². The summed E-state index contributed by atoms with van der Waals surface area (Å²) in [5.74, 6) is -1.72. The average Bonchev–Trinajstić information content (AvgIpc) is 3.35. The number of benzene rings is 2. The molecule has 0 amide bonds. The van der Waals surface area contributed by atoms with E-state index in [4.69, 9.17) is 4.74 Å². The Kier molecular flexibility index (Phi) is 9.85. The summed E-state index contributed by atoms with van der Waals surface area (Å²) in [5, 5.41) is 57.6. The van der Waals surface area contributed by atoms with E-state index >= 15 is 0 Å². The van der Waals surface area contributed by atoms with Gasteiger partial charge in [-0.05, 0) is 42.7 Å². The molecule has 184 valence electrons. The van der Waals surface area contributed by atoms with Crippen molar-refractivity contribution in [2.75, 3.05) is 0 Å². The number of ether oxygens (including phenoxy) is 1. The van der Waals surface area contributed by atoms with Crippen LogP contribution in [0.3, 0.4) is 0 Å². The second kappa shape index (κ2) is 12.6. The molecule has 3 aromatic rings. The van der Waals surface area contributed by atoms with Crippen molar-refractivity contribution in [3.05, 3.63) is 60.3 Å². The monoisotopic (exact) mass is 503 g/mol. The fourth-order valence-electron chi connectivity index (χ4n) is 3.73. The maximum Gasteiger partial charge on any atom is 1.00 e. The normalized spacial score (nSPS) is 23.9. The largest absolute Gasteiger partial charge is 1.00 e. The molecule has 1 aromatic heterocycles. The number of unbranched alkanes of at least 4 members (excludes halogenated alkanes) is 1. The molecule has 3 N–H and O–H groups in total. The number of hydrogen-bond donors (Lipinski definition) is 3. The van der Waals surface area contributed by atoms with Crippen LogP contribution in [0.15, 0.2) is 65.0 Å². The summed E-state index contributed by atoms with van der Waals surface area (Å²) in [7, 11) is 0. The number of nitrogens with zero attached hydrogens (tertiary/aromatic N) is 5. The van der Waals surface area contributed by atoms with Gasteiger partial charge in [-0.1, -0.05) is 42.8 Å². The number of carbonyl (C=O) groups excluding carboxylic acids is 1. The molecule has 5 atom stereocenters. The Morgan fingerprint density at radius 1 is 1.00 bits per heavy atom. The van der Waals surface area contributed by atoms with E-state index in [1.807, 2.05) is 12.1 Å². The molecule has 0 spiro atoms. The number of azo groups is 1. The molecule has 0 aliphatic carbocycles. The van der Waals surface area contributed by atoms with Crippen molar-refractivity contribution >= 4 is 17.3 Å². The van der Waals surface area contributed by atoms with Crippen molar-refractivity contribution in [3.63, 3.8) is 0 Å². The number of hydrogen-bond acceptors (Lipinski definition) is 10. The third kappa shape index (κ3) is 6.43. The third-order valence-corrected chi connectivity index (χ3v) is 5.79. The summed E-state index contributed by atoms with van der Waals surface area (Å²) in [6, 6.07) is 15.0. The number of carboxylic acids is 1. The number of aromatic nitrogens is 3. The first-order valence-electron chi connectivity index (χ1n) is 11.3. The Hall–Kier alpha value is -2.51. The molecular formula is C24H26N5NaO6. The van der Waals surface area contributed by atoms with Crippen LogP contribution in [-0.2, 0) is 16.0 Å². The van der Waals surface area contributed by atoms with Gasteiger partial charge in [0, 0.05) is 5.56 Å². The van der Waals surface area contributed by atoms with Crippen LogP contribution in [0, 0.1) is 0 Å². The second-order valence-electron chi connectivity index (χ2n) is 8.34. The molecule has 1 aliphatic rings. The zero-order chi connectivity index (χ0) is 24.9. The number of aliphatic carboxylic acids is 1.